The van der Waals surface area contributed by atoms with Crippen LogP contribution in [0.1, 0.15) is 13.8 Å². The fourth-order valence-electron chi connectivity index (χ4n) is 0.366. The smallest absolute Gasteiger partial charge is 0.0464 e. The fourth-order valence-corrected chi connectivity index (χ4v) is 1.10. The van der Waals surface area contributed by atoms with Crippen molar-refractivity contribution in [1.29, 1.82) is 0 Å². The Balaban J connectivity index is 3.81. The third-order valence-electron chi connectivity index (χ3n) is 1.02. The third kappa shape index (κ3) is 4.67. The van der Waals surface area contributed by atoms with Crippen molar-refractivity contribution in [3.05, 3.63) is 12.3 Å². The molecule has 4 heteroatoms. The second kappa shape index (κ2) is 3.27. The van der Waals surface area contributed by atoms with Gasteiger partial charge in [0.05, 0.1) is 0 Å². The van der Waals surface area contributed by atoms with E-state index in [1.54, 1.807) is 0 Å². The van der Waals surface area contributed by atoms with Gasteiger partial charge in [0.2, 0.25) is 0 Å². The number of nitrogens with one attached hydrogen (secondary N) is 1. The minimum atomic E-state index is -2.62. The van der Waals surface area contributed by atoms with Crippen LogP contribution in [0, 0.1) is 5.92 Å². The van der Waals surface area contributed by atoms with Crippen molar-refractivity contribution in [2.75, 3.05) is 6.26 Å². The molecule has 62 valence electrons. The minimum absolute atomic E-state index is 0.228. The summed E-state index contributed by atoms with van der Waals surface area (Å²) in [6.45, 7) is 7.49. The Hall–Kier alpha value is -0.190. The monoisotopic (exact) mass is 165 g/mol. The van der Waals surface area contributed by atoms with E-state index in [1.807, 2.05) is 13.8 Å². The molecule has 0 rings (SSSR count). The summed E-state index contributed by atoms with van der Waals surface area (Å²) in [6, 6.07) is 0. The number of hydrogen-bond donors (Lipinski definition) is 3. The summed E-state index contributed by atoms with van der Waals surface area (Å²) in [5.41, 5.74) is 0.655. The van der Waals surface area contributed by atoms with Crippen molar-refractivity contribution in [1.82, 2.24) is 4.72 Å². The van der Waals surface area contributed by atoms with Crippen molar-refractivity contribution >= 4 is 10.8 Å². The average Bonchev–Trinajstić information content (AvgIpc) is 1.60. The Morgan fingerprint density at radius 1 is 1.50 bits per heavy atom. The first-order chi connectivity index (χ1) is 4.33. The van der Waals surface area contributed by atoms with Crippen molar-refractivity contribution in [2.24, 2.45) is 5.92 Å². The molecule has 0 aromatic rings. The van der Waals surface area contributed by atoms with Gasteiger partial charge in [0.15, 0.2) is 0 Å². The molecule has 0 aliphatic rings. The molecule has 0 heterocycles. The number of hydrogen-bond acceptors (Lipinski definition) is 3. The molecule has 0 saturated carbocycles. The molecule has 0 fully saturated rings. The van der Waals surface area contributed by atoms with Gasteiger partial charge >= 0.3 is 0 Å². The second-order valence-electron chi connectivity index (χ2n) is 2.62. The van der Waals surface area contributed by atoms with Gasteiger partial charge < -0.3 is 0 Å². The Morgan fingerprint density at radius 2 is 1.90 bits per heavy atom. The first-order valence-corrected chi connectivity index (χ1v) is 4.98. The highest BCUT2D eigenvalue weighted by molar-refractivity contribution is 8.22. The Morgan fingerprint density at radius 3 is 2.00 bits per heavy atom. The van der Waals surface area contributed by atoms with E-state index in [0.29, 0.717) is 5.70 Å². The van der Waals surface area contributed by atoms with Crippen LogP contribution in [0.15, 0.2) is 12.3 Å². The van der Waals surface area contributed by atoms with Gasteiger partial charge in [-0.15, -0.1) is 10.8 Å². The fraction of sp³-hybridized carbons (Fsp3) is 0.667. The first kappa shape index (κ1) is 9.81. The maximum Gasteiger partial charge on any atom is 0.0464 e. The molecule has 0 spiro atoms. The first-order valence-electron chi connectivity index (χ1n) is 3.02. The van der Waals surface area contributed by atoms with Crippen LogP contribution < -0.4 is 4.72 Å². The number of allylic oxidation sites excluding steroid dienone is 1. The molecule has 0 bridgehead atoms. The summed E-state index contributed by atoms with van der Waals surface area (Å²) < 4.78 is 20.3. The summed E-state index contributed by atoms with van der Waals surface area (Å²) >= 11 is 0. The predicted molar refractivity (Wildman–Crippen MR) is 45.9 cm³/mol. The van der Waals surface area contributed by atoms with Crippen LogP contribution >= 0.6 is 10.8 Å². The quantitative estimate of drug-likeness (QED) is 0.600. The van der Waals surface area contributed by atoms with Gasteiger partial charge in [-0.25, -0.2) is 0 Å². The highest BCUT2D eigenvalue weighted by Gasteiger charge is 2.06. The second-order valence-corrected chi connectivity index (χ2v) is 4.49. The standard InChI is InChI=1S/C6H15NO2S/c1-5(2)6(3)7-10(4,8)9/h5,7-9H,3H2,1-2,4H3. The zero-order chi connectivity index (χ0) is 8.36. The number of rotatable bonds is 3. The highest BCUT2D eigenvalue weighted by atomic mass is 32.3. The Kier molecular flexibility index (Phi) is 3.21. The van der Waals surface area contributed by atoms with E-state index in [9.17, 15) is 0 Å². The van der Waals surface area contributed by atoms with Gasteiger partial charge in [-0.05, 0) is 5.92 Å². The topological polar surface area (TPSA) is 52.5 Å². The molecular weight excluding hydrogens is 150 g/mol. The normalized spacial score (nSPS) is 13.4. The van der Waals surface area contributed by atoms with Crippen LogP contribution in [-0.4, -0.2) is 15.4 Å². The van der Waals surface area contributed by atoms with E-state index in [2.05, 4.69) is 11.3 Å². The summed E-state index contributed by atoms with van der Waals surface area (Å²) in [6.07, 6.45) is 1.33. The molecule has 0 aromatic heterocycles. The molecule has 0 atom stereocenters. The van der Waals surface area contributed by atoms with Gasteiger partial charge in [0, 0.05) is 12.0 Å². The molecule has 0 saturated heterocycles. The summed E-state index contributed by atoms with van der Waals surface area (Å²) in [5.74, 6) is 0.228. The molecule has 3 N–H and O–H groups in total. The Labute approximate surface area is 63.6 Å². The third-order valence-corrected chi connectivity index (χ3v) is 1.67. The highest BCUT2D eigenvalue weighted by Crippen LogP contribution is 2.29. The lowest BCUT2D eigenvalue weighted by Crippen LogP contribution is -2.20. The van der Waals surface area contributed by atoms with Gasteiger partial charge in [0.1, 0.15) is 0 Å². The van der Waals surface area contributed by atoms with Crippen LogP contribution in [0.5, 0.6) is 0 Å². The van der Waals surface area contributed by atoms with Gasteiger partial charge in [-0.1, -0.05) is 20.4 Å². The zero-order valence-electron chi connectivity index (χ0n) is 6.59. The molecule has 0 aromatic carbocycles. The average molecular weight is 165 g/mol. The van der Waals surface area contributed by atoms with Crippen LogP contribution in [-0.2, 0) is 0 Å². The van der Waals surface area contributed by atoms with E-state index >= 15 is 0 Å². The van der Waals surface area contributed by atoms with Gasteiger partial charge in [-0.2, -0.15) is 0 Å². The molecular formula is C6H15NO2S. The SMILES string of the molecule is C=C(NS(C)(O)O)C(C)C. The summed E-state index contributed by atoms with van der Waals surface area (Å²) in [4.78, 5) is 0. The summed E-state index contributed by atoms with van der Waals surface area (Å²) in [5, 5.41) is 0. The molecule has 0 aliphatic heterocycles. The molecule has 0 aliphatic carbocycles. The predicted octanol–water partition coefficient (Wildman–Crippen LogP) is 2.04. The largest absolute Gasteiger partial charge is 0.290 e. The molecule has 10 heavy (non-hydrogen) atoms. The minimum Gasteiger partial charge on any atom is -0.290 e. The molecule has 3 nitrogen and oxygen atoms in total. The van der Waals surface area contributed by atoms with Crippen LogP contribution in [0.4, 0.5) is 0 Å². The molecule has 0 radical (unpaired) electrons. The molecule has 0 amide bonds. The van der Waals surface area contributed by atoms with Crippen molar-refractivity contribution in [2.45, 2.75) is 13.8 Å². The van der Waals surface area contributed by atoms with E-state index < -0.39 is 10.8 Å². The van der Waals surface area contributed by atoms with Crippen molar-refractivity contribution in [3.63, 3.8) is 0 Å². The van der Waals surface area contributed by atoms with Crippen LogP contribution in [0.25, 0.3) is 0 Å². The Bertz CT molecular complexity index is 128. The van der Waals surface area contributed by atoms with Crippen molar-refractivity contribution in [3.8, 4) is 0 Å². The van der Waals surface area contributed by atoms with Crippen LogP contribution in [0.2, 0.25) is 0 Å². The van der Waals surface area contributed by atoms with Crippen molar-refractivity contribution < 1.29 is 9.11 Å². The lowest BCUT2D eigenvalue weighted by molar-refractivity contribution is 0.481. The maximum absolute atomic E-state index is 8.90. The maximum atomic E-state index is 8.90. The van der Waals surface area contributed by atoms with Gasteiger partial charge in [0.25, 0.3) is 0 Å². The molecule has 0 unspecified atom stereocenters. The van der Waals surface area contributed by atoms with Gasteiger partial charge in [-0.3, -0.25) is 13.8 Å². The lowest BCUT2D eigenvalue weighted by Gasteiger charge is -2.30. The van der Waals surface area contributed by atoms with E-state index in [4.69, 9.17) is 9.11 Å². The van der Waals surface area contributed by atoms with E-state index in [-0.39, 0.29) is 5.92 Å². The summed E-state index contributed by atoms with van der Waals surface area (Å²) in [7, 11) is -2.62. The zero-order valence-corrected chi connectivity index (χ0v) is 7.40. The van der Waals surface area contributed by atoms with E-state index in [0.717, 1.165) is 0 Å². The van der Waals surface area contributed by atoms with E-state index in [1.165, 1.54) is 6.26 Å². The van der Waals surface area contributed by atoms with Crippen LogP contribution in [0.3, 0.4) is 0 Å². The lowest BCUT2D eigenvalue weighted by atomic mass is 10.2.